The van der Waals surface area contributed by atoms with Crippen molar-refractivity contribution in [2.24, 2.45) is 0 Å². The molecule has 0 bridgehead atoms. The molecule has 1 aliphatic heterocycles. The molecule has 0 amide bonds. The van der Waals surface area contributed by atoms with Crippen LogP contribution in [0, 0.1) is 6.92 Å². The molecule has 1 N–H and O–H groups in total. The van der Waals surface area contributed by atoms with Gasteiger partial charge in [-0.1, -0.05) is 12.1 Å². The number of aryl methyl sites for hydroxylation is 1. The zero-order valence-corrected chi connectivity index (χ0v) is 15.5. The van der Waals surface area contributed by atoms with Gasteiger partial charge >= 0.3 is 0 Å². The summed E-state index contributed by atoms with van der Waals surface area (Å²) < 4.78 is 4.30. The Labute approximate surface area is 154 Å². The zero-order valence-electron chi connectivity index (χ0n) is 15.5. The lowest BCUT2D eigenvalue weighted by molar-refractivity contribution is 0.476. The summed E-state index contributed by atoms with van der Waals surface area (Å²) in [7, 11) is 0. The van der Waals surface area contributed by atoms with Gasteiger partial charge in [-0.25, -0.2) is 4.98 Å². The van der Waals surface area contributed by atoms with E-state index in [1.54, 1.807) is 0 Å². The Morgan fingerprint density at radius 2 is 2.19 bits per heavy atom. The van der Waals surface area contributed by atoms with Gasteiger partial charge in [0.25, 0.3) is 0 Å². The lowest BCUT2D eigenvalue weighted by atomic mass is 10.2. The maximum absolute atomic E-state index is 4.75. The molecular weight excluding hydrogens is 324 g/mol. The van der Waals surface area contributed by atoms with Crippen molar-refractivity contribution in [3.63, 3.8) is 0 Å². The fourth-order valence-electron chi connectivity index (χ4n) is 3.55. The normalized spacial score (nSPS) is 13.6. The van der Waals surface area contributed by atoms with E-state index in [0.717, 1.165) is 50.8 Å². The van der Waals surface area contributed by atoms with Gasteiger partial charge in [0, 0.05) is 50.8 Å². The highest BCUT2D eigenvalue weighted by Gasteiger charge is 2.16. The van der Waals surface area contributed by atoms with Gasteiger partial charge in [0.05, 0.1) is 12.2 Å². The first-order chi connectivity index (χ1) is 12.7. The van der Waals surface area contributed by atoms with E-state index in [2.05, 4.69) is 74.8 Å². The number of nitrogens with one attached hydrogen (secondary N) is 1. The van der Waals surface area contributed by atoms with Crippen molar-refractivity contribution in [1.29, 1.82) is 0 Å². The van der Waals surface area contributed by atoms with Crippen molar-refractivity contribution in [3.05, 3.63) is 54.0 Å². The SMILES string of the molecule is CCN(CCn1ccnc1-c1cc2n(n1)CCNC2)c1cccc(C)c1. The molecule has 0 aliphatic carbocycles. The van der Waals surface area contributed by atoms with Crippen LogP contribution in [0.15, 0.2) is 42.7 Å². The zero-order chi connectivity index (χ0) is 17.9. The highest BCUT2D eigenvalue weighted by molar-refractivity contribution is 5.51. The van der Waals surface area contributed by atoms with E-state index >= 15 is 0 Å². The topological polar surface area (TPSA) is 50.9 Å². The molecule has 0 saturated carbocycles. The van der Waals surface area contributed by atoms with Gasteiger partial charge in [0.2, 0.25) is 0 Å². The summed E-state index contributed by atoms with van der Waals surface area (Å²) in [6, 6.07) is 10.8. The third-order valence-corrected chi connectivity index (χ3v) is 4.97. The van der Waals surface area contributed by atoms with E-state index < -0.39 is 0 Å². The molecule has 2 aromatic heterocycles. The average Bonchev–Trinajstić information content (AvgIpc) is 3.28. The summed E-state index contributed by atoms with van der Waals surface area (Å²) in [5, 5.41) is 8.14. The van der Waals surface area contributed by atoms with Crippen LogP contribution < -0.4 is 10.2 Å². The van der Waals surface area contributed by atoms with E-state index in [1.807, 2.05) is 6.20 Å². The van der Waals surface area contributed by atoms with Crippen molar-refractivity contribution in [1.82, 2.24) is 24.6 Å². The molecule has 1 aromatic carbocycles. The molecule has 0 saturated heterocycles. The number of hydrogen-bond donors (Lipinski definition) is 1. The number of fused-ring (bicyclic) bond motifs is 1. The molecule has 1 aliphatic rings. The van der Waals surface area contributed by atoms with Crippen LogP contribution in [0.1, 0.15) is 18.2 Å². The third-order valence-electron chi connectivity index (χ3n) is 4.97. The van der Waals surface area contributed by atoms with Crippen LogP contribution in [0.5, 0.6) is 0 Å². The fourth-order valence-corrected chi connectivity index (χ4v) is 3.55. The highest BCUT2D eigenvalue weighted by Crippen LogP contribution is 2.20. The molecule has 6 heteroatoms. The summed E-state index contributed by atoms with van der Waals surface area (Å²) in [5.41, 5.74) is 4.77. The van der Waals surface area contributed by atoms with Crippen LogP contribution in [0.3, 0.4) is 0 Å². The quantitative estimate of drug-likeness (QED) is 0.743. The molecule has 136 valence electrons. The van der Waals surface area contributed by atoms with E-state index in [9.17, 15) is 0 Å². The van der Waals surface area contributed by atoms with E-state index in [-0.39, 0.29) is 0 Å². The smallest absolute Gasteiger partial charge is 0.160 e. The first-order valence-electron chi connectivity index (χ1n) is 9.35. The Kier molecular flexibility index (Phi) is 4.75. The first-order valence-corrected chi connectivity index (χ1v) is 9.35. The summed E-state index contributed by atoms with van der Waals surface area (Å²) in [5.74, 6) is 0.951. The first kappa shape index (κ1) is 16.8. The maximum atomic E-state index is 4.75. The second-order valence-electron chi connectivity index (χ2n) is 6.78. The Hall–Kier alpha value is -2.60. The monoisotopic (exact) mass is 350 g/mol. The number of anilines is 1. The molecule has 6 nitrogen and oxygen atoms in total. The van der Waals surface area contributed by atoms with Gasteiger partial charge in [-0.2, -0.15) is 5.10 Å². The number of benzene rings is 1. The minimum absolute atomic E-state index is 0.880. The third kappa shape index (κ3) is 3.37. The molecule has 4 rings (SSSR count). The molecule has 0 spiro atoms. The Bertz CT molecular complexity index is 855. The van der Waals surface area contributed by atoms with Gasteiger partial charge < -0.3 is 14.8 Å². The molecular formula is C20H26N6. The van der Waals surface area contributed by atoms with E-state index in [0.29, 0.717) is 0 Å². The lowest BCUT2D eigenvalue weighted by Gasteiger charge is -2.24. The van der Waals surface area contributed by atoms with Gasteiger partial charge in [0.1, 0.15) is 5.69 Å². The van der Waals surface area contributed by atoms with Crippen LogP contribution in [-0.2, 0) is 19.6 Å². The molecule has 3 heterocycles. The Balaban J connectivity index is 1.51. The minimum atomic E-state index is 0.880. The van der Waals surface area contributed by atoms with Gasteiger partial charge in [0.15, 0.2) is 5.82 Å². The summed E-state index contributed by atoms with van der Waals surface area (Å²) >= 11 is 0. The number of hydrogen-bond acceptors (Lipinski definition) is 4. The van der Waals surface area contributed by atoms with Crippen LogP contribution >= 0.6 is 0 Å². The fraction of sp³-hybridized carbons (Fsp3) is 0.400. The Morgan fingerprint density at radius 1 is 1.27 bits per heavy atom. The van der Waals surface area contributed by atoms with Gasteiger partial charge in [-0.05, 0) is 37.6 Å². The van der Waals surface area contributed by atoms with Gasteiger partial charge in [-0.3, -0.25) is 4.68 Å². The largest absolute Gasteiger partial charge is 0.370 e. The lowest BCUT2D eigenvalue weighted by Crippen LogP contribution is -2.28. The standard InChI is InChI=1S/C20H26N6/c1-3-24(17-6-4-5-16(2)13-17)11-12-25-9-8-22-20(25)19-14-18-15-21-7-10-26(18)23-19/h4-6,8-9,13-14,21H,3,7,10-12,15H2,1-2H3. The molecule has 26 heavy (non-hydrogen) atoms. The summed E-state index contributed by atoms with van der Waals surface area (Å²) in [4.78, 5) is 6.97. The van der Waals surface area contributed by atoms with Crippen LogP contribution in [0.4, 0.5) is 5.69 Å². The minimum Gasteiger partial charge on any atom is -0.370 e. The predicted molar refractivity (Wildman–Crippen MR) is 104 cm³/mol. The van der Waals surface area contributed by atoms with Crippen molar-refractivity contribution in [2.45, 2.75) is 33.5 Å². The number of rotatable bonds is 6. The Morgan fingerprint density at radius 3 is 3.00 bits per heavy atom. The van der Waals surface area contributed by atoms with Crippen LogP contribution in [-0.4, -0.2) is 39.0 Å². The van der Waals surface area contributed by atoms with Crippen molar-refractivity contribution in [2.75, 3.05) is 24.5 Å². The second-order valence-corrected chi connectivity index (χ2v) is 6.78. The van der Waals surface area contributed by atoms with Crippen LogP contribution in [0.2, 0.25) is 0 Å². The van der Waals surface area contributed by atoms with E-state index in [4.69, 9.17) is 5.10 Å². The molecule has 3 aromatic rings. The molecule has 0 atom stereocenters. The number of nitrogens with zero attached hydrogens (tertiary/aromatic N) is 5. The molecule has 0 radical (unpaired) electrons. The van der Waals surface area contributed by atoms with Crippen molar-refractivity contribution in [3.8, 4) is 11.5 Å². The maximum Gasteiger partial charge on any atom is 0.160 e. The number of imidazole rings is 1. The number of aromatic nitrogens is 4. The van der Waals surface area contributed by atoms with Crippen molar-refractivity contribution >= 4 is 5.69 Å². The van der Waals surface area contributed by atoms with E-state index in [1.165, 1.54) is 16.9 Å². The highest BCUT2D eigenvalue weighted by atomic mass is 15.3. The summed E-state index contributed by atoms with van der Waals surface area (Å²) in [6.45, 7) is 9.93. The molecule has 0 unspecified atom stereocenters. The van der Waals surface area contributed by atoms with Crippen LogP contribution in [0.25, 0.3) is 11.5 Å². The summed E-state index contributed by atoms with van der Waals surface area (Å²) in [6.07, 6.45) is 3.92. The van der Waals surface area contributed by atoms with Crippen molar-refractivity contribution < 1.29 is 0 Å². The average molecular weight is 350 g/mol. The second kappa shape index (κ2) is 7.33. The number of likely N-dealkylation sites (N-methyl/N-ethyl adjacent to an activating group) is 1. The van der Waals surface area contributed by atoms with Gasteiger partial charge in [-0.15, -0.1) is 0 Å². The predicted octanol–water partition coefficient (Wildman–Crippen LogP) is 2.68. The molecule has 0 fully saturated rings.